The fourth-order valence-electron chi connectivity index (χ4n) is 1.07. The molecule has 0 aliphatic carbocycles. The number of hydrogen-bond donors (Lipinski definition) is 2. The van der Waals surface area contributed by atoms with E-state index in [4.69, 9.17) is 0 Å². The first kappa shape index (κ1) is 12.9. The number of aromatic nitrogens is 1. The van der Waals surface area contributed by atoms with Gasteiger partial charge in [0.25, 0.3) is 0 Å². The number of carbonyl (C=O) groups excluding carboxylic acids is 2. The molecule has 1 aromatic heterocycles. The van der Waals surface area contributed by atoms with Crippen LogP contribution >= 0.6 is 0 Å². The van der Waals surface area contributed by atoms with Gasteiger partial charge in [0.15, 0.2) is 0 Å². The summed E-state index contributed by atoms with van der Waals surface area (Å²) in [5.41, 5.74) is 1.19. The lowest BCUT2D eigenvalue weighted by Crippen LogP contribution is -2.33. The van der Waals surface area contributed by atoms with E-state index in [9.17, 15) is 9.59 Å². The smallest absolute Gasteiger partial charge is 0.247 e. The van der Waals surface area contributed by atoms with Crippen LogP contribution in [0.2, 0.25) is 0 Å². The minimum atomic E-state index is -0.282. The van der Waals surface area contributed by atoms with Crippen molar-refractivity contribution in [3.8, 4) is 0 Å². The molecule has 2 amide bonds. The van der Waals surface area contributed by atoms with E-state index in [1.54, 1.807) is 38.3 Å². The van der Waals surface area contributed by atoms with Gasteiger partial charge in [-0.1, -0.05) is 6.08 Å². The number of pyridine rings is 1. The van der Waals surface area contributed by atoms with Crippen LogP contribution in [-0.4, -0.2) is 23.3 Å². The quantitative estimate of drug-likeness (QED) is 0.765. The summed E-state index contributed by atoms with van der Waals surface area (Å²) in [5, 5.41) is 5.13. The van der Waals surface area contributed by atoms with Crippen molar-refractivity contribution in [1.29, 1.82) is 0 Å². The monoisotopic (exact) mass is 233 g/mol. The van der Waals surface area contributed by atoms with Crippen molar-refractivity contribution in [1.82, 2.24) is 10.3 Å². The molecule has 0 aliphatic heterocycles. The number of carbonyl (C=O) groups is 2. The standard InChI is InChI=1S/C12H15N3O2/c1-3-9(2)12(17)14-8-11(16)15-10-5-4-6-13-7-10/h3-7H,8H2,1-2H3,(H,14,17)(H,15,16)/b9-3+. The number of allylic oxidation sites excluding steroid dienone is 1. The molecule has 0 saturated carbocycles. The van der Waals surface area contributed by atoms with Gasteiger partial charge in [0.2, 0.25) is 11.8 Å². The maximum absolute atomic E-state index is 11.5. The van der Waals surface area contributed by atoms with Crippen LogP contribution in [0.4, 0.5) is 5.69 Å². The van der Waals surface area contributed by atoms with Crippen molar-refractivity contribution in [3.63, 3.8) is 0 Å². The van der Waals surface area contributed by atoms with Crippen LogP contribution in [-0.2, 0) is 9.59 Å². The van der Waals surface area contributed by atoms with E-state index in [1.165, 1.54) is 6.20 Å². The second-order valence-corrected chi connectivity index (χ2v) is 3.44. The van der Waals surface area contributed by atoms with Crippen LogP contribution in [0.3, 0.4) is 0 Å². The van der Waals surface area contributed by atoms with Crippen LogP contribution in [0.5, 0.6) is 0 Å². The minimum absolute atomic E-state index is 0.0566. The van der Waals surface area contributed by atoms with Crippen LogP contribution < -0.4 is 10.6 Å². The molecule has 0 aliphatic rings. The predicted molar refractivity (Wildman–Crippen MR) is 65.3 cm³/mol. The van der Waals surface area contributed by atoms with Gasteiger partial charge in [-0.3, -0.25) is 14.6 Å². The van der Waals surface area contributed by atoms with Crippen molar-refractivity contribution in [2.45, 2.75) is 13.8 Å². The van der Waals surface area contributed by atoms with E-state index in [0.29, 0.717) is 11.3 Å². The van der Waals surface area contributed by atoms with Gasteiger partial charge in [-0.25, -0.2) is 0 Å². The molecule has 0 radical (unpaired) electrons. The summed E-state index contributed by atoms with van der Waals surface area (Å²) < 4.78 is 0. The Morgan fingerprint density at radius 3 is 2.82 bits per heavy atom. The van der Waals surface area contributed by atoms with E-state index in [0.717, 1.165) is 0 Å². The lowest BCUT2D eigenvalue weighted by molar-refractivity contribution is -0.121. The molecule has 0 bridgehead atoms. The average Bonchev–Trinajstić information content (AvgIpc) is 2.36. The lowest BCUT2D eigenvalue weighted by atomic mass is 10.3. The van der Waals surface area contributed by atoms with E-state index < -0.39 is 0 Å². The van der Waals surface area contributed by atoms with Gasteiger partial charge in [-0.05, 0) is 26.0 Å². The third-order valence-electron chi connectivity index (χ3n) is 2.15. The van der Waals surface area contributed by atoms with Crippen molar-refractivity contribution in [3.05, 3.63) is 36.2 Å². The molecule has 0 saturated heterocycles. The number of rotatable bonds is 4. The molecule has 0 unspecified atom stereocenters. The molecule has 0 fully saturated rings. The largest absolute Gasteiger partial charge is 0.343 e. The second kappa shape index (κ2) is 6.42. The molecule has 17 heavy (non-hydrogen) atoms. The predicted octanol–water partition coefficient (Wildman–Crippen LogP) is 1.10. The maximum Gasteiger partial charge on any atom is 0.247 e. The van der Waals surface area contributed by atoms with E-state index in [-0.39, 0.29) is 18.4 Å². The van der Waals surface area contributed by atoms with E-state index in [1.807, 2.05) is 0 Å². The molecule has 5 nitrogen and oxygen atoms in total. The SMILES string of the molecule is C/C=C(\C)C(=O)NCC(=O)Nc1cccnc1. The summed E-state index contributed by atoms with van der Waals surface area (Å²) in [7, 11) is 0. The maximum atomic E-state index is 11.5. The van der Waals surface area contributed by atoms with E-state index in [2.05, 4.69) is 15.6 Å². The summed E-state index contributed by atoms with van der Waals surface area (Å²) in [6.07, 6.45) is 4.85. The van der Waals surface area contributed by atoms with Gasteiger partial charge in [0.1, 0.15) is 0 Å². The molecule has 5 heteroatoms. The van der Waals surface area contributed by atoms with Gasteiger partial charge in [0.05, 0.1) is 18.4 Å². The molecule has 1 heterocycles. The Morgan fingerprint density at radius 2 is 2.24 bits per heavy atom. The topological polar surface area (TPSA) is 71.1 Å². The van der Waals surface area contributed by atoms with Crippen LogP contribution in [0.15, 0.2) is 36.2 Å². The fraction of sp³-hybridized carbons (Fsp3) is 0.250. The van der Waals surface area contributed by atoms with Gasteiger partial charge in [0, 0.05) is 11.8 Å². The average molecular weight is 233 g/mol. The van der Waals surface area contributed by atoms with Crippen molar-refractivity contribution >= 4 is 17.5 Å². The third kappa shape index (κ3) is 4.46. The van der Waals surface area contributed by atoms with Crippen molar-refractivity contribution < 1.29 is 9.59 Å². The number of anilines is 1. The van der Waals surface area contributed by atoms with Gasteiger partial charge in [-0.15, -0.1) is 0 Å². The summed E-state index contributed by atoms with van der Waals surface area (Å²) in [4.78, 5) is 26.7. The number of hydrogen-bond acceptors (Lipinski definition) is 3. The Kier molecular flexibility index (Phi) is 4.87. The van der Waals surface area contributed by atoms with Crippen LogP contribution in [0, 0.1) is 0 Å². The fourth-order valence-corrected chi connectivity index (χ4v) is 1.07. The molecular weight excluding hydrogens is 218 g/mol. The molecule has 2 N–H and O–H groups in total. The number of amides is 2. The molecule has 1 rings (SSSR count). The first-order chi connectivity index (χ1) is 8.13. The van der Waals surface area contributed by atoms with Gasteiger partial charge in [-0.2, -0.15) is 0 Å². The highest BCUT2D eigenvalue weighted by Crippen LogP contribution is 2.01. The number of nitrogens with one attached hydrogen (secondary N) is 2. The Balaban J connectivity index is 2.39. The third-order valence-corrected chi connectivity index (χ3v) is 2.15. The zero-order valence-electron chi connectivity index (χ0n) is 9.86. The highest BCUT2D eigenvalue weighted by Gasteiger charge is 2.06. The summed E-state index contributed by atoms with van der Waals surface area (Å²) in [6.45, 7) is 3.40. The first-order valence-electron chi connectivity index (χ1n) is 5.24. The van der Waals surface area contributed by atoms with Gasteiger partial charge < -0.3 is 10.6 Å². The Bertz CT molecular complexity index is 427. The number of nitrogens with zero attached hydrogens (tertiary/aromatic N) is 1. The first-order valence-corrected chi connectivity index (χ1v) is 5.24. The van der Waals surface area contributed by atoms with Crippen LogP contribution in [0.25, 0.3) is 0 Å². The van der Waals surface area contributed by atoms with Crippen LogP contribution in [0.1, 0.15) is 13.8 Å². The highest BCUT2D eigenvalue weighted by molar-refractivity contribution is 5.98. The zero-order chi connectivity index (χ0) is 12.7. The van der Waals surface area contributed by atoms with Crippen molar-refractivity contribution in [2.24, 2.45) is 0 Å². The Labute approximate surface area is 99.9 Å². The Morgan fingerprint density at radius 1 is 1.47 bits per heavy atom. The molecule has 0 spiro atoms. The Hall–Kier alpha value is -2.17. The summed E-state index contributed by atoms with van der Waals surface area (Å²) in [6, 6.07) is 3.45. The highest BCUT2D eigenvalue weighted by atomic mass is 16.2. The summed E-state index contributed by atoms with van der Waals surface area (Å²) in [5.74, 6) is -0.524. The molecule has 0 aromatic carbocycles. The molecular formula is C12H15N3O2. The lowest BCUT2D eigenvalue weighted by Gasteiger charge is -2.06. The molecule has 1 aromatic rings. The van der Waals surface area contributed by atoms with Gasteiger partial charge >= 0.3 is 0 Å². The molecule has 90 valence electrons. The summed E-state index contributed by atoms with van der Waals surface area (Å²) >= 11 is 0. The zero-order valence-corrected chi connectivity index (χ0v) is 9.86. The van der Waals surface area contributed by atoms with E-state index >= 15 is 0 Å². The second-order valence-electron chi connectivity index (χ2n) is 3.44. The normalized spacial score (nSPS) is 10.8. The minimum Gasteiger partial charge on any atom is -0.343 e. The molecule has 0 atom stereocenters. The van der Waals surface area contributed by atoms with Crippen molar-refractivity contribution in [2.75, 3.05) is 11.9 Å².